The van der Waals surface area contributed by atoms with Gasteiger partial charge in [0.1, 0.15) is 6.55 Å². The molecule has 7 heteroatoms. The summed E-state index contributed by atoms with van der Waals surface area (Å²) in [5, 5.41) is 12.3. The quantitative estimate of drug-likeness (QED) is 0.340. The van der Waals surface area contributed by atoms with Crippen LogP contribution >= 0.6 is 0 Å². The molecule has 0 bridgehead atoms. The van der Waals surface area contributed by atoms with Crippen LogP contribution in [0.3, 0.4) is 0 Å². The van der Waals surface area contributed by atoms with Gasteiger partial charge in [0, 0.05) is 39.3 Å². The summed E-state index contributed by atoms with van der Waals surface area (Å²) in [6.45, 7) is 1.92. The van der Waals surface area contributed by atoms with Crippen LogP contribution in [-0.2, 0) is 8.85 Å². The van der Waals surface area contributed by atoms with E-state index in [1.807, 2.05) is 95.4 Å². The highest BCUT2D eigenvalue weighted by molar-refractivity contribution is 6.48. The lowest BCUT2D eigenvalue weighted by Gasteiger charge is -2.11. The summed E-state index contributed by atoms with van der Waals surface area (Å²) in [7, 11) is 5.75. The van der Waals surface area contributed by atoms with Gasteiger partial charge in [-0.05, 0) is 24.3 Å². The molecule has 0 aliphatic carbocycles. The molecule has 6 nitrogen and oxygen atoms in total. The van der Waals surface area contributed by atoms with Crippen molar-refractivity contribution in [3.05, 3.63) is 71.8 Å². The minimum absolute atomic E-state index is 0.532. The second-order valence-corrected chi connectivity index (χ2v) is 7.32. The van der Waals surface area contributed by atoms with E-state index < -0.39 is 9.28 Å². The monoisotopic (exact) mass is 369 g/mol. The molecule has 0 aromatic heterocycles. The van der Waals surface area contributed by atoms with Gasteiger partial charge in [-0.2, -0.15) is 0 Å². The molecule has 2 aromatic rings. The molecule has 0 N–H and O–H groups in total. The van der Waals surface area contributed by atoms with Crippen LogP contribution in [0.15, 0.2) is 70.9 Å². The zero-order valence-corrected chi connectivity index (χ0v) is 16.9. The summed E-state index contributed by atoms with van der Waals surface area (Å²) in [5.41, 5.74) is 1.81. The molecule has 0 radical (unpaired) electrons. The molecule has 0 atom stereocenters. The lowest BCUT2D eigenvalue weighted by atomic mass is 10.2. The Labute approximate surface area is 157 Å². The van der Waals surface area contributed by atoms with E-state index in [-0.39, 0.29) is 0 Å². The van der Waals surface area contributed by atoms with E-state index in [4.69, 9.17) is 8.85 Å². The first kappa shape index (κ1) is 19.5. The molecular formula is C19H25N4O2Si+. The summed E-state index contributed by atoms with van der Waals surface area (Å²) in [6.07, 6.45) is 0. The summed E-state index contributed by atoms with van der Waals surface area (Å²) < 4.78 is 12.1. The van der Waals surface area contributed by atoms with E-state index in [1.165, 1.54) is 0 Å². The molecule has 2 rings (SSSR count). The molecule has 0 fully saturated rings. The number of hydrazone groups is 2. The van der Waals surface area contributed by atoms with E-state index in [0.717, 1.165) is 11.1 Å². The third-order valence-corrected chi connectivity index (χ3v) is 4.07. The van der Waals surface area contributed by atoms with Gasteiger partial charge in [-0.1, -0.05) is 36.4 Å². The van der Waals surface area contributed by atoms with Gasteiger partial charge < -0.3 is 0 Å². The Morgan fingerprint density at radius 3 is 1.35 bits per heavy atom. The average Bonchev–Trinajstić information content (AvgIpc) is 2.61. The maximum Gasteiger partial charge on any atom is 0.779 e. The molecule has 0 aliphatic heterocycles. The molecule has 136 valence electrons. The third kappa shape index (κ3) is 6.25. The second-order valence-electron chi connectivity index (χ2n) is 5.93. The van der Waals surface area contributed by atoms with Crippen molar-refractivity contribution in [2.45, 2.75) is 6.55 Å². The summed E-state index contributed by atoms with van der Waals surface area (Å²) >= 11 is 0. The fraction of sp³-hybridized carbons (Fsp3) is 0.263. The van der Waals surface area contributed by atoms with E-state index >= 15 is 0 Å². The maximum atomic E-state index is 6.07. The normalized spacial score (nSPS) is 11.7. The van der Waals surface area contributed by atoms with Crippen molar-refractivity contribution in [3.8, 4) is 0 Å². The van der Waals surface area contributed by atoms with Gasteiger partial charge in [-0.25, -0.2) is 0 Å². The van der Waals surface area contributed by atoms with Gasteiger partial charge in [0.15, 0.2) is 0 Å². The van der Waals surface area contributed by atoms with Crippen LogP contribution in [-0.4, -0.2) is 59.3 Å². The summed E-state index contributed by atoms with van der Waals surface area (Å²) in [4.78, 5) is 0. The van der Waals surface area contributed by atoms with E-state index in [1.54, 1.807) is 10.0 Å². The Kier molecular flexibility index (Phi) is 7.22. The van der Waals surface area contributed by atoms with Crippen molar-refractivity contribution in [3.63, 3.8) is 0 Å². The lowest BCUT2D eigenvalue weighted by Crippen LogP contribution is -2.29. The van der Waals surface area contributed by atoms with Crippen molar-refractivity contribution in [2.75, 3.05) is 28.2 Å². The van der Waals surface area contributed by atoms with Crippen LogP contribution < -0.4 is 0 Å². The number of nitrogens with zero attached hydrogens (tertiary/aromatic N) is 4. The van der Waals surface area contributed by atoms with Crippen molar-refractivity contribution in [2.24, 2.45) is 10.2 Å². The Morgan fingerprint density at radius 1 is 0.692 bits per heavy atom. The Balaban J connectivity index is 2.19. The Hall–Kier alpha value is -2.80. The molecular weight excluding hydrogens is 344 g/mol. The standard InChI is InChI=1S/C19H25N4O2Si/c1-22(2)20-18(16-12-8-6-9-13-16)24-26(5)25-19(21-23(3)4)17-14-10-7-11-15-17/h6-15H,1-5H3/q+1/b20-18+,21-19+. The highest BCUT2D eigenvalue weighted by Gasteiger charge is 2.35. The van der Waals surface area contributed by atoms with Crippen molar-refractivity contribution >= 4 is 21.1 Å². The van der Waals surface area contributed by atoms with Gasteiger partial charge in [0.25, 0.3) is 11.8 Å². The topological polar surface area (TPSA) is 49.7 Å². The largest absolute Gasteiger partial charge is 0.779 e. The van der Waals surface area contributed by atoms with E-state index in [2.05, 4.69) is 10.2 Å². The van der Waals surface area contributed by atoms with E-state index in [0.29, 0.717) is 11.8 Å². The van der Waals surface area contributed by atoms with Gasteiger partial charge in [0.2, 0.25) is 0 Å². The molecule has 0 saturated heterocycles. The molecule has 0 aliphatic rings. The minimum atomic E-state index is -1.69. The Bertz CT molecular complexity index is 670. The Morgan fingerprint density at radius 2 is 1.04 bits per heavy atom. The summed E-state index contributed by atoms with van der Waals surface area (Å²) in [5.74, 6) is 1.06. The highest BCUT2D eigenvalue weighted by Crippen LogP contribution is 2.09. The lowest BCUT2D eigenvalue weighted by molar-refractivity contribution is 0.371. The molecule has 0 heterocycles. The van der Waals surface area contributed by atoms with Crippen molar-refractivity contribution in [1.82, 2.24) is 10.0 Å². The third-order valence-electron chi connectivity index (χ3n) is 3.10. The SMILES string of the molecule is CN(C)/N=C(/O[Si+](C)O/C(=N/N(C)C)c1ccccc1)c1ccccc1. The van der Waals surface area contributed by atoms with Crippen LogP contribution in [0.2, 0.25) is 6.55 Å². The first-order valence-electron chi connectivity index (χ1n) is 8.27. The predicted octanol–water partition coefficient (Wildman–Crippen LogP) is 2.98. The first-order chi connectivity index (χ1) is 12.5. The maximum absolute atomic E-state index is 6.07. The minimum Gasteiger partial charge on any atom is -0.299 e. The molecule has 0 amide bonds. The zero-order chi connectivity index (χ0) is 18.9. The van der Waals surface area contributed by atoms with Crippen molar-refractivity contribution in [1.29, 1.82) is 0 Å². The van der Waals surface area contributed by atoms with Gasteiger partial charge >= 0.3 is 9.28 Å². The number of benzene rings is 2. The van der Waals surface area contributed by atoms with Crippen LogP contribution in [0.1, 0.15) is 11.1 Å². The average molecular weight is 370 g/mol. The van der Waals surface area contributed by atoms with Crippen LogP contribution in [0.25, 0.3) is 0 Å². The molecule has 0 saturated carbocycles. The zero-order valence-electron chi connectivity index (χ0n) is 15.9. The molecule has 26 heavy (non-hydrogen) atoms. The van der Waals surface area contributed by atoms with E-state index in [9.17, 15) is 0 Å². The first-order valence-corrected chi connectivity index (χ1v) is 10.1. The summed E-state index contributed by atoms with van der Waals surface area (Å²) in [6, 6.07) is 19.6. The molecule has 2 aromatic carbocycles. The van der Waals surface area contributed by atoms with Crippen LogP contribution in [0, 0.1) is 0 Å². The van der Waals surface area contributed by atoms with Crippen LogP contribution in [0.5, 0.6) is 0 Å². The van der Waals surface area contributed by atoms with Gasteiger partial charge in [-0.15, -0.1) is 10.2 Å². The van der Waals surface area contributed by atoms with Gasteiger partial charge in [-0.3, -0.25) is 18.9 Å². The number of hydrogen-bond acceptors (Lipinski definition) is 6. The highest BCUT2D eigenvalue weighted by atomic mass is 28.3. The van der Waals surface area contributed by atoms with Crippen LogP contribution in [0.4, 0.5) is 0 Å². The number of hydrogen-bond donors (Lipinski definition) is 0. The fourth-order valence-corrected chi connectivity index (χ4v) is 3.00. The predicted molar refractivity (Wildman–Crippen MR) is 107 cm³/mol. The molecule has 0 spiro atoms. The van der Waals surface area contributed by atoms with Gasteiger partial charge in [0.05, 0.1) is 0 Å². The smallest absolute Gasteiger partial charge is 0.299 e. The molecule has 0 unspecified atom stereocenters. The number of rotatable bonds is 6. The second kappa shape index (κ2) is 9.62. The fourth-order valence-electron chi connectivity index (χ4n) is 2.09. The van der Waals surface area contributed by atoms with Crippen molar-refractivity contribution < 1.29 is 8.85 Å².